The second kappa shape index (κ2) is 8.62. The van der Waals surface area contributed by atoms with Crippen LogP contribution in [0, 0.1) is 11.6 Å². The number of nitrogens with one attached hydrogen (secondary N) is 1. The summed E-state index contributed by atoms with van der Waals surface area (Å²) in [6.07, 6.45) is -1.17. The van der Waals surface area contributed by atoms with E-state index in [1.807, 2.05) is 6.92 Å². The number of benzene rings is 2. The molecule has 0 aliphatic heterocycles. The van der Waals surface area contributed by atoms with Crippen LogP contribution in [0.1, 0.15) is 24.2 Å². The zero-order valence-corrected chi connectivity index (χ0v) is 14.5. The lowest BCUT2D eigenvalue weighted by Crippen LogP contribution is -2.30. The summed E-state index contributed by atoms with van der Waals surface area (Å²) in [5, 5.41) is 2.21. The third kappa shape index (κ3) is 5.03. The Morgan fingerprint density at radius 3 is 2.64 bits per heavy atom. The zero-order chi connectivity index (χ0) is 18.4. The normalized spacial score (nSPS) is 11.7. The molecule has 0 saturated heterocycles. The Bertz CT molecular complexity index is 783. The SMILES string of the molecule is CCSc1ccccc1C(=O)O[C@H](C)C(=O)Nc1cc(F)ccc1F. The highest BCUT2D eigenvalue weighted by atomic mass is 32.2. The predicted octanol–water partition coefficient (Wildman–Crippen LogP) is 4.26. The minimum Gasteiger partial charge on any atom is -0.449 e. The van der Waals surface area contributed by atoms with E-state index in [1.165, 1.54) is 18.7 Å². The van der Waals surface area contributed by atoms with Gasteiger partial charge in [0.15, 0.2) is 6.10 Å². The van der Waals surface area contributed by atoms with Crippen LogP contribution in [0.25, 0.3) is 0 Å². The third-order valence-electron chi connectivity index (χ3n) is 3.25. The van der Waals surface area contributed by atoms with Gasteiger partial charge in [-0.1, -0.05) is 19.1 Å². The average Bonchev–Trinajstić information content (AvgIpc) is 2.58. The topological polar surface area (TPSA) is 55.4 Å². The number of esters is 1. The smallest absolute Gasteiger partial charge is 0.340 e. The van der Waals surface area contributed by atoms with Gasteiger partial charge in [0.2, 0.25) is 0 Å². The first-order chi connectivity index (χ1) is 11.9. The average molecular weight is 365 g/mol. The number of rotatable bonds is 6. The number of thioether (sulfide) groups is 1. The van der Waals surface area contributed by atoms with Crippen molar-refractivity contribution < 1.29 is 23.1 Å². The zero-order valence-electron chi connectivity index (χ0n) is 13.7. The fourth-order valence-corrected chi connectivity index (χ4v) is 2.81. The number of carbonyl (C=O) groups is 2. The van der Waals surface area contributed by atoms with Crippen molar-refractivity contribution in [1.29, 1.82) is 0 Å². The van der Waals surface area contributed by atoms with E-state index in [4.69, 9.17) is 4.74 Å². The summed E-state index contributed by atoms with van der Waals surface area (Å²) in [6.45, 7) is 3.32. The van der Waals surface area contributed by atoms with Crippen LogP contribution in [0.5, 0.6) is 0 Å². The number of ether oxygens (including phenoxy) is 1. The molecule has 4 nitrogen and oxygen atoms in total. The molecular formula is C18H17F2NO3S. The Balaban J connectivity index is 2.06. The van der Waals surface area contributed by atoms with Crippen molar-refractivity contribution in [3.63, 3.8) is 0 Å². The van der Waals surface area contributed by atoms with Crippen molar-refractivity contribution in [2.45, 2.75) is 24.8 Å². The van der Waals surface area contributed by atoms with Gasteiger partial charge < -0.3 is 10.1 Å². The Morgan fingerprint density at radius 2 is 1.92 bits per heavy atom. The summed E-state index contributed by atoms with van der Waals surface area (Å²) >= 11 is 1.48. The third-order valence-corrected chi connectivity index (χ3v) is 4.20. The number of halogens is 2. The molecule has 132 valence electrons. The molecule has 25 heavy (non-hydrogen) atoms. The summed E-state index contributed by atoms with van der Waals surface area (Å²) in [7, 11) is 0. The van der Waals surface area contributed by atoms with Crippen molar-refractivity contribution in [3.05, 3.63) is 59.7 Å². The van der Waals surface area contributed by atoms with Crippen LogP contribution in [0.15, 0.2) is 47.4 Å². The number of anilines is 1. The molecule has 2 rings (SSSR count). The lowest BCUT2D eigenvalue weighted by atomic mass is 10.2. The van der Waals surface area contributed by atoms with Gasteiger partial charge in [-0.2, -0.15) is 0 Å². The fourth-order valence-electron chi connectivity index (χ4n) is 2.02. The van der Waals surface area contributed by atoms with E-state index in [0.717, 1.165) is 28.8 Å². The van der Waals surface area contributed by atoms with Gasteiger partial charge in [0.25, 0.3) is 5.91 Å². The number of hydrogen-bond donors (Lipinski definition) is 1. The molecule has 0 saturated carbocycles. The molecular weight excluding hydrogens is 348 g/mol. The molecule has 1 N–H and O–H groups in total. The van der Waals surface area contributed by atoms with Gasteiger partial charge in [-0.15, -0.1) is 11.8 Å². The van der Waals surface area contributed by atoms with Gasteiger partial charge in [-0.25, -0.2) is 13.6 Å². The van der Waals surface area contributed by atoms with Gasteiger partial charge in [0.1, 0.15) is 11.6 Å². The maximum absolute atomic E-state index is 13.6. The Hall–Kier alpha value is -2.41. The van der Waals surface area contributed by atoms with Crippen LogP contribution in [0.2, 0.25) is 0 Å². The van der Waals surface area contributed by atoms with E-state index in [2.05, 4.69) is 5.32 Å². The van der Waals surface area contributed by atoms with E-state index in [-0.39, 0.29) is 5.69 Å². The van der Waals surface area contributed by atoms with Crippen molar-refractivity contribution in [3.8, 4) is 0 Å². The molecule has 1 amide bonds. The molecule has 0 unspecified atom stereocenters. The van der Waals surface area contributed by atoms with E-state index >= 15 is 0 Å². The minimum absolute atomic E-state index is 0.310. The lowest BCUT2D eigenvalue weighted by molar-refractivity contribution is -0.123. The number of carbonyl (C=O) groups excluding carboxylic acids is 2. The van der Waals surface area contributed by atoms with Crippen LogP contribution in [0.4, 0.5) is 14.5 Å². The first kappa shape index (κ1) is 18.9. The molecule has 7 heteroatoms. The molecule has 0 heterocycles. The minimum atomic E-state index is -1.17. The first-order valence-electron chi connectivity index (χ1n) is 7.61. The van der Waals surface area contributed by atoms with Crippen molar-refractivity contribution in [2.75, 3.05) is 11.1 Å². The molecule has 2 aromatic carbocycles. The second-order valence-electron chi connectivity index (χ2n) is 5.09. The summed E-state index contributed by atoms with van der Waals surface area (Å²) in [5.74, 6) is -2.10. The molecule has 0 spiro atoms. The van der Waals surface area contributed by atoms with Crippen LogP contribution in [0.3, 0.4) is 0 Å². The quantitative estimate of drug-likeness (QED) is 0.614. The summed E-state index contributed by atoms with van der Waals surface area (Å²) in [6, 6.07) is 9.60. The van der Waals surface area contributed by atoms with Crippen LogP contribution < -0.4 is 5.32 Å². The molecule has 0 bridgehead atoms. The summed E-state index contributed by atoms with van der Waals surface area (Å²) in [5.41, 5.74) is 0.0424. The Morgan fingerprint density at radius 1 is 1.20 bits per heavy atom. The molecule has 0 aromatic heterocycles. The van der Waals surface area contributed by atoms with Gasteiger partial charge in [-0.05, 0) is 36.9 Å². The molecule has 0 aliphatic carbocycles. The highest BCUT2D eigenvalue weighted by Gasteiger charge is 2.21. The second-order valence-corrected chi connectivity index (χ2v) is 6.40. The lowest BCUT2D eigenvalue weighted by Gasteiger charge is -2.15. The number of amides is 1. The maximum atomic E-state index is 13.6. The molecule has 0 fully saturated rings. The van der Waals surface area contributed by atoms with Gasteiger partial charge in [0, 0.05) is 11.0 Å². The molecule has 1 atom stereocenters. The fraction of sp³-hybridized carbons (Fsp3) is 0.222. The van der Waals surface area contributed by atoms with E-state index in [9.17, 15) is 18.4 Å². The van der Waals surface area contributed by atoms with E-state index in [0.29, 0.717) is 5.56 Å². The maximum Gasteiger partial charge on any atom is 0.340 e. The van der Waals surface area contributed by atoms with Gasteiger partial charge >= 0.3 is 5.97 Å². The summed E-state index contributed by atoms with van der Waals surface area (Å²) < 4.78 is 31.9. The highest BCUT2D eigenvalue weighted by molar-refractivity contribution is 7.99. The van der Waals surface area contributed by atoms with Crippen LogP contribution in [-0.4, -0.2) is 23.7 Å². The largest absolute Gasteiger partial charge is 0.449 e. The van der Waals surface area contributed by atoms with Gasteiger partial charge in [-0.3, -0.25) is 4.79 Å². The van der Waals surface area contributed by atoms with E-state index < -0.39 is 29.6 Å². The standard InChI is InChI=1S/C18H17F2NO3S/c1-3-25-16-7-5-4-6-13(16)18(23)24-11(2)17(22)21-15-10-12(19)8-9-14(15)20/h4-11H,3H2,1-2H3,(H,21,22)/t11-/m1/s1. The first-order valence-corrected chi connectivity index (χ1v) is 8.59. The Labute approximate surface area is 148 Å². The van der Waals surface area contributed by atoms with Gasteiger partial charge in [0.05, 0.1) is 11.3 Å². The monoisotopic (exact) mass is 365 g/mol. The van der Waals surface area contributed by atoms with Crippen molar-refractivity contribution in [2.24, 2.45) is 0 Å². The van der Waals surface area contributed by atoms with Crippen molar-refractivity contribution in [1.82, 2.24) is 0 Å². The van der Waals surface area contributed by atoms with Crippen molar-refractivity contribution >= 4 is 29.3 Å². The highest BCUT2D eigenvalue weighted by Crippen LogP contribution is 2.23. The van der Waals surface area contributed by atoms with E-state index in [1.54, 1.807) is 24.3 Å². The summed E-state index contributed by atoms with van der Waals surface area (Å²) in [4.78, 5) is 25.1. The molecule has 0 radical (unpaired) electrons. The van der Waals surface area contributed by atoms with Crippen LogP contribution in [-0.2, 0) is 9.53 Å². The van der Waals surface area contributed by atoms with Crippen LogP contribution >= 0.6 is 11.8 Å². The Kier molecular flexibility index (Phi) is 6.52. The number of hydrogen-bond acceptors (Lipinski definition) is 4. The molecule has 2 aromatic rings. The predicted molar refractivity (Wildman–Crippen MR) is 92.7 cm³/mol. The molecule has 0 aliphatic rings.